The van der Waals surface area contributed by atoms with Crippen molar-refractivity contribution in [1.29, 1.82) is 0 Å². The Kier molecular flexibility index (Phi) is 4.62. The second-order valence-corrected chi connectivity index (χ2v) is 5.99. The number of nitrogens with two attached hydrogens (primary N) is 2. The van der Waals surface area contributed by atoms with Gasteiger partial charge in [0.1, 0.15) is 0 Å². The second-order valence-electron chi connectivity index (χ2n) is 5.99. The third-order valence-corrected chi connectivity index (χ3v) is 4.92. The van der Waals surface area contributed by atoms with E-state index >= 15 is 0 Å². The van der Waals surface area contributed by atoms with E-state index in [1.165, 1.54) is 6.42 Å². The van der Waals surface area contributed by atoms with Crippen molar-refractivity contribution in [2.24, 2.45) is 29.2 Å². The van der Waals surface area contributed by atoms with E-state index in [2.05, 4.69) is 11.8 Å². The smallest absolute Gasteiger partial charge is 0.226 e. The van der Waals surface area contributed by atoms with Crippen LogP contribution in [0.25, 0.3) is 0 Å². The summed E-state index contributed by atoms with van der Waals surface area (Å²) < 4.78 is 0. The van der Waals surface area contributed by atoms with Gasteiger partial charge in [-0.1, -0.05) is 13.3 Å². The number of nitrogens with zero attached hydrogens (tertiary/aromatic N) is 1. The van der Waals surface area contributed by atoms with Crippen LogP contribution in [0.15, 0.2) is 0 Å². The molecule has 0 radical (unpaired) electrons. The van der Waals surface area contributed by atoms with Gasteiger partial charge < -0.3 is 16.4 Å². The molecule has 0 aromatic carbocycles. The van der Waals surface area contributed by atoms with Crippen LogP contribution in [-0.4, -0.2) is 36.5 Å². The zero-order valence-electron chi connectivity index (χ0n) is 11.5. The highest BCUT2D eigenvalue weighted by atomic mass is 16.2. The molecule has 0 spiro atoms. The molecule has 0 bridgehead atoms. The number of amides is 1. The molecule has 4 nitrogen and oxygen atoms in total. The highest BCUT2D eigenvalue weighted by Crippen LogP contribution is 2.34. The average Bonchev–Trinajstić information content (AvgIpc) is 2.85. The molecule has 1 saturated heterocycles. The fourth-order valence-electron chi connectivity index (χ4n) is 3.74. The maximum Gasteiger partial charge on any atom is 0.226 e. The second kappa shape index (κ2) is 6.02. The lowest BCUT2D eigenvalue weighted by Crippen LogP contribution is -2.53. The molecule has 0 aromatic rings. The molecule has 2 rings (SSSR count). The van der Waals surface area contributed by atoms with Gasteiger partial charge in [0.05, 0.1) is 0 Å². The first-order valence-corrected chi connectivity index (χ1v) is 7.39. The molecular formula is C14H27N3O. The number of piperidine rings is 1. The number of hydrogen-bond donors (Lipinski definition) is 2. The monoisotopic (exact) mass is 253 g/mol. The molecule has 1 heterocycles. The number of hydrogen-bond acceptors (Lipinski definition) is 3. The van der Waals surface area contributed by atoms with Crippen molar-refractivity contribution in [3.63, 3.8) is 0 Å². The van der Waals surface area contributed by atoms with Crippen molar-refractivity contribution < 1.29 is 4.79 Å². The lowest BCUT2D eigenvalue weighted by Gasteiger charge is -2.41. The minimum Gasteiger partial charge on any atom is -0.338 e. The van der Waals surface area contributed by atoms with Crippen LogP contribution in [0.4, 0.5) is 0 Å². The van der Waals surface area contributed by atoms with Crippen molar-refractivity contribution in [3.05, 3.63) is 0 Å². The first-order valence-electron chi connectivity index (χ1n) is 7.39. The van der Waals surface area contributed by atoms with Gasteiger partial charge in [-0.25, -0.2) is 0 Å². The van der Waals surface area contributed by atoms with Crippen LogP contribution in [0.2, 0.25) is 0 Å². The van der Waals surface area contributed by atoms with Crippen molar-refractivity contribution in [2.45, 2.75) is 45.1 Å². The number of carbonyl (C=O) groups is 1. The Morgan fingerprint density at radius 1 is 1.17 bits per heavy atom. The Labute approximate surface area is 110 Å². The number of likely N-dealkylation sites (tertiary alicyclic amines) is 1. The van der Waals surface area contributed by atoms with Crippen molar-refractivity contribution in [2.75, 3.05) is 19.6 Å². The minimum atomic E-state index is 0.161. The van der Waals surface area contributed by atoms with Gasteiger partial charge in [0.25, 0.3) is 0 Å². The zero-order chi connectivity index (χ0) is 13.1. The van der Waals surface area contributed by atoms with Crippen LogP contribution in [0.3, 0.4) is 0 Å². The Bertz CT molecular complexity index is 295. The van der Waals surface area contributed by atoms with Gasteiger partial charge in [-0.3, -0.25) is 4.79 Å². The first-order chi connectivity index (χ1) is 8.69. The molecule has 4 N–H and O–H groups in total. The Hall–Kier alpha value is -0.610. The molecule has 1 amide bonds. The summed E-state index contributed by atoms with van der Waals surface area (Å²) >= 11 is 0. The molecule has 2 fully saturated rings. The summed E-state index contributed by atoms with van der Waals surface area (Å²) in [6, 6.07) is 0.241. The van der Waals surface area contributed by atoms with Crippen LogP contribution in [0, 0.1) is 17.8 Å². The van der Waals surface area contributed by atoms with E-state index < -0.39 is 0 Å². The molecule has 4 atom stereocenters. The highest BCUT2D eigenvalue weighted by Gasteiger charge is 2.39. The summed E-state index contributed by atoms with van der Waals surface area (Å²) in [5.41, 5.74) is 11.7. The van der Waals surface area contributed by atoms with Crippen LogP contribution in [0.1, 0.15) is 39.0 Å². The summed E-state index contributed by atoms with van der Waals surface area (Å²) in [6.45, 7) is 4.34. The third kappa shape index (κ3) is 2.54. The van der Waals surface area contributed by atoms with E-state index in [0.717, 1.165) is 32.2 Å². The van der Waals surface area contributed by atoms with E-state index in [4.69, 9.17) is 11.5 Å². The summed E-state index contributed by atoms with van der Waals surface area (Å²) in [6.07, 6.45) is 5.58. The molecule has 18 heavy (non-hydrogen) atoms. The normalized spacial score (nSPS) is 36.9. The Balaban J connectivity index is 2.06. The molecular weight excluding hydrogens is 226 g/mol. The van der Waals surface area contributed by atoms with Crippen molar-refractivity contribution in [1.82, 2.24) is 4.90 Å². The van der Waals surface area contributed by atoms with Gasteiger partial charge in [0.2, 0.25) is 5.91 Å². The number of rotatable bonds is 3. The van der Waals surface area contributed by atoms with Gasteiger partial charge in [0, 0.05) is 25.0 Å². The molecule has 2 unspecified atom stereocenters. The highest BCUT2D eigenvalue weighted by molar-refractivity contribution is 5.80. The zero-order valence-corrected chi connectivity index (χ0v) is 11.5. The maximum atomic E-state index is 12.7. The molecule has 104 valence electrons. The molecule has 1 aliphatic carbocycles. The Morgan fingerprint density at radius 2 is 1.94 bits per heavy atom. The van der Waals surface area contributed by atoms with E-state index in [1.807, 2.05) is 0 Å². The topological polar surface area (TPSA) is 72.3 Å². The molecule has 1 aliphatic heterocycles. The van der Waals surface area contributed by atoms with Gasteiger partial charge in [-0.15, -0.1) is 0 Å². The third-order valence-electron chi connectivity index (χ3n) is 4.92. The Morgan fingerprint density at radius 3 is 2.61 bits per heavy atom. The summed E-state index contributed by atoms with van der Waals surface area (Å²) in [5, 5.41) is 0. The van der Waals surface area contributed by atoms with Crippen molar-refractivity contribution in [3.8, 4) is 0 Å². The van der Waals surface area contributed by atoms with E-state index in [9.17, 15) is 4.79 Å². The van der Waals surface area contributed by atoms with Gasteiger partial charge >= 0.3 is 0 Å². The van der Waals surface area contributed by atoms with Crippen molar-refractivity contribution >= 4 is 5.91 Å². The standard InChI is InChI=1S/C14H27N3O/c1-10-4-3-7-17(13(10)9-16)14(18)12-6-2-5-11(12)8-15/h10-13H,2-9,15-16H2,1H3/t10?,11-,12-,13?/m1/s1. The maximum absolute atomic E-state index is 12.7. The molecule has 1 saturated carbocycles. The van der Waals surface area contributed by atoms with Gasteiger partial charge in [0.15, 0.2) is 0 Å². The molecule has 4 heteroatoms. The fraction of sp³-hybridized carbons (Fsp3) is 0.929. The SMILES string of the molecule is CC1CCCN(C(=O)[C@@H]2CCC[C@@H]2CN)C1CN. The number of carbonyl (C=O) groups excluding carboxylic acids is 1. The molecule has 2 aliphatic rings. The lowest BCUT2D eigenvalue weighted by molar-refractivity contribution is -0.141. The van der Waals surface area contributed by atoms with E-state index in [1.54, 1.807) is 0 Å². The first kappa shape index (κ1) is 13.8. The summed E-state index contributed by atoms with van der Waals surface area (Å²) in [5.74, 6) is 1.41. The van der Waals surface area contributed by atoms with Crippen LogP contribution >= 0.6 is 0 Å². The predicted octanol–water partition coefficient (Wildman–Crippen LogP) is 0.947. The predicted molar refractivity (Wildman–Crippen MR) is 72.8 cm³/mol. The van der Waals surface area contributed by atoms with Crippen LogP contribution < -0.4 is 11.5 Å². The lowest BCUT2D eigenvalue weighted by atomic mass is 9.87. The quantitative estimate of drug-likeness (QED) is 0.786. The summed E-state index contributed by atoms with van der Waals surface area (Å²) in [4.78, 5) is 14.8. The van der Waals surface area contributed by atoms with Gasteiger partial charge in [-0.2, -0.15) is 0 Å². The van der Waals surface area contributed by atoms with Gasteiger partial charge in [-0.05, 0) is 44.1 Å². The van der Waals surface area contributed by atoms with Crippen LogP contribution in [0.5, 0.6) is 0 Å². The largest absolute Gasteiger partial charge is 0.338 e. The summed E-state index contributed by atoms with van der Waals surface area (Å²) in [7, 11) is 0. The minimum absolute atomic E-state index is 0.161. The molecule has 0 aromatic heterocycles. The van der Waals surface area contributed by atoms with E-state index in [-0.39, 0.29) is 12.0 Å². The fourth-order valence-corrected chi connectivity index (χ4v) is 3.74. The van der Waals surface area contributed by atoms with Crippen LogP contribution in [-0.2, 0) is 4.79 Å². The van der Waals surface area contributed by atoms with E-state index in [0.29, 0.717) is 30.8 Å². The average molecular weight is 253 g/mol.